The van der Waals surface area contributed by atoms with E-state index in [1.165, 1.54) is 18.1 Å². The molecule has 0 bridgehead atoms. The third-order valence-corrected chi connectivity index (χ3v) is 4.20. The summed E-state index contributed by atoms with van der Waals surface area (Å²) in [5, 5.41) is 2.67. The minimum atomic E-state index is -0.834. The molecule has 24 heavy (non-hydrogen) atoms. The van der Waals surface area contributed by atoms with Gasteiger partial charge in [-0.25, -0.2) is 0 Å². The highest BCUT2D eigenvalue weighted by molar-refractivity contribution is 5.98. The molecule has 0 heterocycles. The Morgan fingerprint density at radius 3 is 2.67 bits per heavy atom. The number of hydrogen-bond donors (Lipinski definition) is 1. The average molecular weight is 331 g/mol. The van der Waals surface area contributed by atoms with Gasteiger partial charge in [0.2, 0.25) is 0 Å². The summed E-state index contributed by atoms with van der Waals surface area (Å²) in [5.41, 5.74) is 3.21. The smallest absolute Gasteiger partial charge is 0.307 e. The van der Waals surface area contributed by atoms with Crippen LogP contribution in [0.1, 0.15) is 61.0 Å². The molecule has 5 heteroatoms. The molecule has 0 fully saturated rings. The summed E-state index contributed by atoms with van der Waals surface area (Å²) in [4.78, 5) is 35.7. The molecule has 1 aliphatic carbocycles. The lowest BCUT2D eigenvalue weighted by Gasteiger charge is -2.13. The molecule has 1 amide bonds. The van der Waals surface area contributed by atoms with Gasteiger partial charge in [0.05, 0.1) is 6.42 Å². The fourth-order valence-corrected chi connectivity index (χ4v) is 2.81. The van der Waals surface area contributed by atoms with Gasteiger partial charge in [0, 0.05) is 18.5 Å². The molecule has 1 aromatic carbocycles. The van der Waals surface area contributed by atoms with E-state index in [0.29, 0.717) is 12.1 Å². The third kappa shape index (κ3) is 4.91. The predicted octanol–water partition coefficient (Wildman–Crippen LogP) is 2.60. The van der Waals surface area contributed by atoms with Crippen LogP contribution in [0.4, 0.5) is 0 Å². The maximum absolute atomic E-state index is 12.2. The second-order valence-corrected chi connectivity index (χ2v) is 6.18. The number of fused-ring (bicyclic) bond motifs is 1. The molecule has 0 saturated heterocycles. The summed E-state index contributed by atoms with van der Waals surface area (Å²) >= 11 is 0. The van der Waals surface area contributed by atoms with Crippen molar-refractivity contribution in [2.24, 2.45) is 0 Å². The van der Waals surface area contributed by atoms with E-state index in [-0.39, 0.29) is 24.5 Å². The molecule has 1 aromatic rings. The molecule has 2 rings (SSSR count). The Bertz CT molecular complexity index is 624. The largest absolute Gasteiger partial charge is 0.453 e. The zero-order chi connectivity index (χ0) is 17.5. The Morgan fingerprint density at radius 1 is 1.17 bits per heavy atom. The zero-order valence-corrected chi connectivity index (χ0v) is 14.4. The molecule has 0 saturated carbocycles. The second-order valence-electron chi connectivity index (χ2n) is 6.18. The van der Waals surface area contributed by atoms with Crippen molar-refractivity contribution in [3.8, 4) is 0 Å². The molecule has 1 atom stereocenters. The van der Waals surface area contributed by atoms with Gasteiger partial charge in [-0.15, -0.1) is 0 Å². The average Bonchev–Trinajstić information content (AvgIpc) is 3.04. The number of ketones is 1. The highest BCUT2D eigenvalue weighted by Gasteiger charge is 2.19. The zero-order valence-electron chi connectivity index (χ0n) is 14.4. The number of hydrogen-bond acceptors (Lipinski definition) is 4. The van der Waals surface area contributed by atoms with Crippen molar-refractivity contribution in [3.05, 3.63) is 34.9 Å². The number of esters is 1. The van der Waals surface area contributed by atoms with Crippen molar-refractivity contribution < 1.29 is 19.1 Å². The van der Waals surface area contributed by atoms with Crippen LogP contribution in [0.3, 0.4) is 0 Å². The first-order chi connectivity index (χ1) is 11.5. The molecular formula is C19H25NO4. The van der Waals surface area contributed by atoms with Gasteiger partial charge in [-0.05, 0) is 49.8 Å². The minimum absolute atomic E-state index is 0.0126. The standard InChI is InChI=1S/C19H25NO4/c1-3-11-20-19(23)13(2)24-18(22)10-9-17(21)16-8-7-14-5-4-6-15(14)12-16/h7-8,12-13H,3-6,9-11H2,1-2H3,(H,20,23)/t13-/m1/s1. The van der Waals surface area contributed by atoms with E-state index in [9.17, 15) is 14.4 Å². The number of benzene rings is 1. The summed E-state index contributed by atoms with van der Waals surface area (Å²) in [6.45, 7) is 4.03. The van der Waals surface area contributed by atoms with E-state index in [1.54, 1.807) is 0 Å². The number of ether oxygens (including phenoxy) is 1. The number of carbonyl (C=O) groups is 3. The van der Waals surface area contributed by atoms with Crippen LogP contribution >= 0.6 is 0 Å². The Balaban J connectivity index is 1.79. The molecule has 1 aliphatic rings. The molecule has 5 nitrogen and oxygen atoms in total. The molecule has 0 aromatic heterocycles. The van der Waals surface area contributed by atoms with Crippen LogP contribution in [0.15, 0.2) is 18.2 Å². The van der Waals surface area contributed by atoms with Gasteiger partial charge in [0.15, 0.2) is 11.9 Å². The van der Waals surface area contributed by atoms with Crippen molar-refractivity contribution >= 4 is 17.7 Å². The fraction of sp³-hybridized carbons (Fsp3) is 0.526. The van der Waals surface area contributed by atoms with Gasteiger partial charge < -0.3 is 10.1 Å². The Hall–Kier alpha value is -2.17. The number of amides is 1. The molecular weight excluding hydrogens is 306 g/mol. The topological polar surface area (TPSA) is 72.5 Å². The van der Waals surface area contributed by atoms with Crippen LogP contribution in [0, 0.1) is 0 Å². The molecule has 0 aliphatic heterocycles. The van der Waals surface area contributed by atoms with E-state index in [0.717, 1.165) is 25.7 Å². The number of nitrogens with one attached hydrogen (secondary N) is 1. The quantitative estimate of drug-likeness (QED) is 0.587. The molecule has 130 valence electrons. The monoisotopic (exact) mass is 331 g/mol. The van der Waals surface area contributed by atoms with Crippen LogP contribution < -0.4 is 5.32 Å². The first-order valence-electron chi connectivity index (χ1n) is 8.63. The lowest BCUT2D eigenvalue weighted by Crippen LogP contribution is -2.36. The minimum Gasteiger partial charge on any atom is -0.453 e. The Morgan fingerprint density at radius 2 is 1.92 bits per heavy atom. The molecule has 0 unspecified atom stereocenters. The lowest BCUT2D eigenvalue weighted by molar-refractivity contribution is -0.154. The van der Waals surface area contributed by atoms with Gasteiger partial charge in [0.25, 0.3) is 5.91 Å². The summed E-state index contributed by atoms with van der Waals surface area (Å²) in [5.74, 6) is -0.899. The molecule has 0 spiro atoms. The third-order valence-electron chi connectivity index (χ3n) is 4.20. The molecule has 1 N–H and O–H groups in total. The number of carbonyl (C=O) groups excluding carboxylic acids is 3. The van der Waals surface area contributed by atoms with Gasteiger partial charge in [-0.1, -0.05) is 19.1 Å². The van der Waals surface area contributed by atoms with E-state index in [1.807, 2.05) is 25.1 Å². The van der Waals surface area contributed by atoms with Crippen molar-refractivity contribution in [1.82, 2.24) is 5.32 Å². The van der Waals surface area contributed by atoms with Gasteiger partial charge in [-0.2, -0.15) is 0 Å². The first-order valence-corrected chi connectivity index (χ1v) is 8.63. The maximum atomic E-state index is 12.2. The normalized spacial score (nSPS) is 13.9. The van der Waals surface area contributed by atoms with Crippen molar-refractivity contribution in [2.45, 2.75) is 58.5 Å². The Labute approximate surface area is 142 Å². The van der Waals surface area contributed by atoms with E-state index in [2.05, 4.69) is 5.32 Å². The number of Topliss-reactive ketones (excluding diaryl/α,β-unsaturated/α-hetero) is 1. The van der Waals surface area contributed by atoms with Crippen LogP contribution in [-0.2, 0) is 27.2 Å². The number of rotatable bonds is 8. The van der Waals surface area contributed by atoms with Gasteiger partial charge in [-0.3, -0.25) is 14.4 Å². The first kappa shape index (κ1) is 18.2. The van der Waals surface area contributed by atoms with Crippen molar-refractivity contribution in [3.63, 3.8) is 0 Å². The van der Waals surface area contributed by atoms with E-state index >= 15 is 0 Å². The lowest BCUT2D eigenvalue weighted by atomic mass is 10.0. The highest BCUT2D eigenvalue weighted by Crippen LogP contribution is 2.23. The number of aryl methyl sites for hydroxylation is 2. The van der Waals surface area contributed by atoms with Crippen LogP contribution in [0.5, 0.6) is 0 Å². The van der Waals surface area contributed by atoms with E-state index in [4.69, 9.17) is 4.74 Å². The van der Waals surface area contributed by atoms with Crippen LogP contribution in [0.2, 0.25) is 0 Å². The van der Waals surface area contributed by atoms with Crippen molar-refractivity contribution in [2.75, 3.05) is 6.54 Å². The van der Waals surface area contributed by atoms with Gasteiger partial charge >= 0.3 is 5.97 Å². The predicted molar refractivity (Wildman–Crippen MR) is 90.9 cm³/mol. The van der Waals surface area contributed by atoms with Crippen LogP contribution in [0.25, 0.3) is 0 Å². The summed E-state index contributed by atoms with van der Waals surface area (Å²) < 4.78 is 5.07. The van der Waals surface area contributed by atoms with Crippen molar-refractivity contribution in [1.29, 1.82) is 0 Å². The summed E-state index contributed by atoms with van der Waals surface area (Å²) in [7, 11) is 0. The SMILES string of the molecule is CCCNC(=O)[C@@H](C)OC(=O)CCC(=O)c1ccc2c(c1)CCC2. The van der Waals surface area contributed by atoms with Crippen LogP contribution in [-0.4, -0.2) is 30.3 Å². The second kappa shape index (κ2) is 8.62. The molecule has 0 radical (unpaired) electrons. The highest BCUT2D eigenvalue weighted by atomic mass is 16.5. The fourth-order valence-electron chi connectivity index (χ4n) is 2.81. The maximum Gasteiger partial charge on any atom is 0.307 e. The Kier molecular flexibility index (Phi) is 6.53. The summed E-state index contributed by atoms with van der Waals surface area (Å²) in [6, 6.07) is 5.78. The van der Waals surface area contributed by atoms with E-state index < -0.39 is 12.1 Å². The van der Waals surface area contributed by atoms with Gasteiger partial charge in [0.1, 0.15) is 0 Å². The summed E-state index contributed by atoms with van der Waals surface area (Å²) in [6.07, 6.45) is 3.30.